The van der Waals surface area contributed by atoms with Gasteiger partial charge in [0, 0.05) is 22.0 Å². The molecule has 0 N–H and O–H groups in total. The fourth-order valence-electron chi connectivity index (χ4n) is 0.756. The van der Waals surface area contributed by atoms with Gasteiger partial charge in [-0.1, -0.05) is 0 Å². The first-order valence-corrected chi connectivity index (χ1v) is 4.01. The summed E-state index contributed by atoms with van der Waals surface area (Å²) in [5.74, 6) is -2.11. The number of hydrogen-bond donors (Lipinski definition) is 0. The molecule has 0 aliphatic rings. The zero-order valence-electron chi connectivity index (χ0n) is 6.38. The number of nitrogens with zero attached hydrogens (tertiary/aromatic N) is 2. The van der Waals surface area contributed by atoms with E-state index >= 15 is 0 Å². The van der Waals surface area contributed by atoms with Crippen LogP contribution in [0.5, 0.6) is 0 Å². The van der Waals surface area contributed by atoms with Crippen LogP contribution in [0.25, 0.3) is 0 Å². The van der Waals surface area contributed by atoms with Crippen molar-refractivity contribution >= 4 is 21.7 Å². The molecule has 0 aliphatic heterocycles. The third kappa shape index (κ3) is 2.00. The molecule has 4 nitrogen and oxygen atoms in total. The van der Waals surface area contributed by atoms with Gasteiger partial charge < -0.3 is 10.1 Å². The first kappa shape index (κ1) is 10.9. The largest absolute Gasteiger partial charge is 0.365 e. The van der Waals surface area contributed by atoms with Crippen molar-refractivity contribution in [3.63, 3.8) is 0 Å². The van der Waals surface area contributed by atoms with Crippen molar-refractivity contribution in [2.45, 2.75) is 6.43 Å². The zero-order valence-corrected chi connectivity index (χ0v) is 7.96. The van der Waals surface area contributed by atoms with E-state index in [-0.39, 0.29) is 0 Å². The topological polar surface area (TPSA) is 56.0 Å². The lowest BCUT2D eigenvalue weighted by atomic mass is 10.2. The van der Waals surface area contributed by atoms with Crippen LogP contribution in [-0.4, -0.2) is 9.91 Å². The molecule has 1 aromatic rings. The summed E-state index contributed by atoms with van der Waals surface area (Å²) in [5.41, 5.74) is -1.04. The highest BCUT2D eigenvalue weighted by atomic mass is 79.9. The molecule has 0 fully saturated rings. The van der Waals surface area contributed by atoms with Crippen molar-refractivity contribution in [2.24, 2.45) is 0 Å². The van der Waals surface area contributed by atoms with Gasteiger partial charge in [0.05, 0.1) is 5.56 Å². The summed E-state index contributed by atoms with van der Waals surface area (Å²) in [4.78, 5) is 12.3. The van der Waals surface area contributed by atoms with Gasteiger partial charge in [-0.05, 0) is 9.91 Å². The van der Waals surface area contributed by atoms with Crippen molar-refractivity contribution in [1.29, 1.82) is 0 Å². The number of alkyl halides is 2. The van der Waals surface area contributed by atoms with Gasteiger partial charge in [-0.2, -0.15) is 0 Å². The maximum atomic E-state index is 12.9. The van der Waals surface area contributed by atoms with Crippen molar-refractivity contribution in [3.05, 3.63) is 32.2 Å². The Morgan fingerprint density at radius 2 is 2.14 bits per heavy atom. The highest BCUT2D eigenvalue weighted by molar-refractivity contribution is 9.10. The van der Waals surface area contributed by atoms with Crippen LogP contribution in [0.3, 0.4) is 0 Å². The summed E-state index contributed by atoms with van der Waals surface area (Å²) >= 11 is 2.51. The van der Waals surface area contributed by atoms with Gasteiger partial charge in [0.15, 0.2) is 5.82 Å². The first-order chi connectivity index (χ1) is 6.43. The molecule has 0 aliphatic carbocycles. The quantitative estimate of drug-likeness (QED) is 0.472. The van der Waals surface area contributed by atoms with Crippen LogP contribution in [0.1, 0.15) is 12.0 Å². The number of nitro groups is 1. The van der Waals surface area contributed by atoms with E-state index in [1.807, 2.05) is 0 Å². The minimum absolute atomic E-state index is 0.407. The smallest absolute Gasteiger partial charge is 0.358 e. The molecule has 0 radical (unpaired) electrons. The molecule has 0 spiro atoms. The fourth-order valence-corrected chi connectivity index (χ4v) is 1.17. The molecule has 1 aromatic heterocycles. The molecule has 0 saturated carbocycles. The maximum absolute atomic E-state index is 12.9. The number of aromatic nitrogens is 1. The van der Waals surface area contributed by atoms with E-state index in [1.54, 1.807) is 0 Å². The van der Waals surface area contributed by atoms with E-state index in [1.165, 1.54) is 0 Å². The molecular formula is C6H2BrF3N2O2. The van der Waals surface area contributed by atoms with E-state index in [0.717, 1.165) is 0 Å². The Bertz CT molecular complexity index is 386. The number of rotatable bonds is 2. The van der Waals surface area contributed by atoms with Gasteiger partial charge >= 0.3 is 5.82 Å². The second kappa shape index (κ2) is 3.91. The molecule has 0 atom stereocenters. The van der Waals surface area contributed by atoms with E-state index in [0.29, 0.717) is 6.07 Å². The second-order valence-electron chi connectivity index (χ2n) is 2.23. The third-order valence-electron chi connectivity index (χ3n) is 1.35. The Balaban J connectivity index is 3.35. The van der Waals surface area contributed by atoms with E-state index in [4.69, 9.17) is 0 Å². The Hall–Kier alpha value is -1.18. The first-order valence-electron chi connectivity index (χ1n) is 3.22. The predicted octanol–water partition coefficient (Wildman–Crippen LogP) is 2.83. The molecule has 0 amide bonds. The summed E-state index contributed by atoms with van der Waals surface area (Å²) in [7, 11) is 0. The molecule has 0 unspecified atom stereocenters. The molecular weight excluding hydrogens is 269 g/mol. The minimum atomic E-state index is -3.12. The van der Waals surface area contributed by atoms with Gasteiger partial charge in [-0.25, -0.2) is 13.2 Å². The molecule has 1 rings (SSSR count). The van der Waals surface area contributed by atoms with Crippen LogP contribution < -0.4 is 0 Å². The zero-order chi connectivity index (χ0) is 10.9. The SMILES string of the molecule is O=[N+]([O-])c1cc(C(F)F)c(F)c(Br)n1. The molecule has 0 bridgehead atoms. The molecule has 76 valence electrons. The normalized spacial score (nSPS) is 10.6. The fraction of sp³-hybridized carbons (Fsp3) is 0.167. The van der Waals surface area contributed by atoms with Gasteiger partial charge in [0.25, 0.3) is 11.0 Å². The Morgan fingerprint density at radius 1 is 1.57 bits per heavy atom. The lowest BCUT2D eigenvalue weighted by molar-refractivity contribution is -0.389. The summed E-state index contributed by atoms with van der Waals surface area (Å²) < 4.78 is 36.6. The van der Waals surface area contributed by atoms with E-state index < -0.39 is 33.2 Å². The highest BCUT2D eigenvalue weighted by Gasteiger charge is 2.24. The van der Waals surface area contributed by atoms with Crippen molar-refractivity contribution in [2.75, 3.05) is 0 Å². The standard InChI is InChI=1S/C6H2BrF3N2O2/c7-5-4(8)2(6(9)10)1-3(11-5)12(13)14/h1,6H. The monoisotopic (exact) mass is 270 g/mol. The molecule has 0 saturated heterocycles. The van der Waals surface area contributed by atoms with Crippen LogP contribution >= 0.6 is 15.9 Å². The average Bonchev–Trinajstić information content (AvgIpc) is 2.08. The van der Waals surface area contributed by atoms with Gasteiger partial charge in [-0.15, -0.1) is 0 Å². The Morgan fingerprint density at radius 3 is 2.57 bits per heavy atom. The van der Waals surface area contributed by atoms with Crippen molar-refractivity contribution < 1.29 is 18.1 Å². The molecule has 14 heavy (non-hydrogen) atoms. The second-order valence-corrected chi connectivity index (χ2v) is 2.98. The van der Waals surface area contributed by atoms with Crippen LogP contribution in [-0.2, 0) is 0 Å². The lowest BCUT2D eigenvalue weighted by Gasteiger charge is -2.00. The molecule has 0 aromatic carbocycles. The van der Waals surface area contributed by atoms with Crippen molar-refractivity contribution in [3.8, 4) is 0 Å². The van der Waals surface area contributed by atoms with Gasteiger partial charge in [-0.3, -0.25) is 0 Å². The minimum Gasteiger partial charge on any atom is -0.358 e. The Kier molecular flexibility index (Phi) is 3.04. The van der Waals surface area contributed by atoms with Crippen LogP contribution in [0, 0.1) is 15.9 Å². The predicted molar refractivity (Wildman–Crippen MR) is 43.5 cm³/mol. The van der Waals surface area contributed by atoms with Crippen molar-refractivity contribution in [1.82, 2.24) is 4.98 Å². The van der Waals surface area contributed by atoms with Gasteiger partial charge in [0.1, 0.15) is 0 Å². The maximum Gasteiger partial charge on any atom is 0.365 e. The van der Waals surface area contributed by atoms with E-state index in [9.17, 15) is 23.3 Å². The highest BCUT2D eigenvalue weighted by Crippen LogP contribution is 2.28. The molecule has 8 heteroatoms. The van der Waals surface area contributed by atoms with Crippen LogP contribution in [0.2, 0.25) is 0 Å². The average molecular weight is 271 g/mol. The number of hydrogen-bond acceptors (Lipinski definition) is 3. The summed E-state index contributed by atoms with van der Waals surface area (Å²) in [5, 5.41) is 10.2. The summed E-state index contributed by atoms with van der Waals surface area (Å²) in [6, 6.07) is 0.407. The molecule has 1 heterocycles. The van der Waals surface area contributed by atoms with Gasteiger partial charge in [0.2, 0.25) is 0 Å². The number of halogens is 4. The van der Waals surface area contributed by atoms with Crippen LogP contribution in [0.15, 0.2) is 10.7 Å². The Labute approximate surface area is 84.0 Å². The van der Waals surface area contributed by atoms with Crippen LogP contribution in [0.4, 0.5) is 19.0 Å². The lowest BCUT2D eigenvalue weighted by Crippen LogP contribution is -1.99. The third-order valence-corrected chi connectivity index (χ3v) is 1.88. The summed E-state index contributed by atoms with van der Waals surface area (Å²) in [6.45, 7) is 0. The number of pyridine rings is 1. The summed E-state index contributed by atoms with van der Waals surface area (Å²) in [6.07, 6.45) is -3.12. The van der Waals surface area contributed by atoms with E-state index in [2.05, 4.69) is 20.9 Å².